The molecule has 1 aliphatic heterocycles. The molecule has 2 amide bonds. The molecule has 160 valence electrons. The number of nitrogens with zero attached hydrogens (tertiary/aromatic N) is 1. The molecule has 2 aromatic carbocycles. The molecule has 0 aliphatic carbocycles. The van der Waals surface area contributed by atoms with E-state index in [1.165, 1.54) is 0 Å². The van der Waals surface area contributed by atoms with E-state index < -0.39 is 0 Å². The SMILES string of the molecule is Nc1c(CCC(=O)NCc2ccc3c(c2)OCO3)cccc1C(=O)Nc1n[nH]c(=S)s1. The predicted octanol–water partition coefficient (Wildman–Crippen LogP) is 3.01. The van der Waals surface area contributed by atoms with E-state index >= 15 is 0 Å². The predicted molar refractivity (Wildman–Crippen MR) is 119 cm³/mol. The van der Waals surface area contributed by atoms with E-state index in [1.807, 2.05) is 18.2 Å². The number of carbonyl (C=O) groups is 2. The number of ether oxygens (including phenoxy) is 2. The van der Waals surface area contributed by atoms with Gasteiger partial charge in [0.1, 0.15) is 0 Å². The summed E-state index contributed by atoms with van der Waals surface area (Å²) >= 11 is 6.11. The topological polar surface area (TPSA) is 131 Å². The standard InChI is InChI=1S/C20H19N5O4S2/c21-17-12(2-1-3-13(17)18(27)23-19-24-25-20(30)31-19)5-7-16(26)22-9-11-4-6-14-15(8-11)29-10-28-14/h1-4,6,8H,5,7,9-10,21H2,(H,22,26)(H,25,30)(H,23,24,27). The van der Waals surface area contributed by atoms with Crippen LogP contribution >= 0.6 is 23.6 Å². The number of rotatable bonds is 7. The maximum absolute atomic E-state index is 12.5. The van der Waals surface area contributed by atoms with Crippen LogP contribution in [0.1, 0.15) is 27.9 Å². The van der Waals surface area contributed by atoms with Crippen LogP contribution < -0.4 is 25.8 Å². The highest BCUT2D eigenvalue weighted by atomic mass is 32.1. The van der Waals surface area contributed by atoms with Gasteiger partial charge in [-0.3, -0.25) is 20.0 Å². The van der Waals surface area contributed by atoms with E-state index in [0.717, 1.165) is 22.5 Å². The van der Waals surface area contributed by atoms with Crippen molar-refractivity contribution in [3.63, 3.8) is 0 Å². The largest absolute Gasteiger partial charge is 0.454 e. The second-order valence-electron chi connectivity index (χ2n) is 6.72. The maximum atomic E-state index is 12.5. The summed E-state index contributed by atoms with van der Waals surface area (Å²) in [6.45, 7) is 0.587. The van der Waals surface area contributed by atoms with Gasteiger partial charge in [0.15, 0.2) is 15.5 Å². The van der Waals surface area contributed by atoms with Gasteiger partial charge < -0.3 is 20.5 Å². The first-order valence-electron chi connectivity index (χ1n) is 9.39. The molecule has 0 saturated heterocycles. The second-order valence-corrected chi connectivity index (χ2v) is 8.38. The van der Waals surface area contributed by atoms with E-state index in [4.69, 9.17) is 27.4 Å². The highest BCUT2D eigenvalue weighted by Gasteiger charge is 2.16. The van der Waals surface area contributed by atoms with Gasteiger partial charge in [0.05, 0.1) is 5.56 Å². The molecule has 3 aromatic rings. The molecule has 1 aromatic heterocycles. The number of aryl methyl sites for hydroxylation is 1. The normalized spacial score (nSPS) is 11.9. The van der Waals surface area contributed by atoms with Gasteiger partial charge in [-0.05, 0) is 48.0 Å². The van der Waals surface area contributed by atoms with Gasteiger partial charge in [-0.25, -0.2) is 0 Å². The van der Waals surface area contributed by atoms with Crippen LogP contribution in [-0.4, -0.2) is 28.8 Å². The summed E-state index contributed by atoms with van der Waals surface area (Å²) in [5.74, 6) is 0.869. The fourth-order valence-corrected chi connectivity index (χ4v) is 3.85. The third-order valence-corrected chi connectivity index (χ3v) is 5.65. The smallest absolute Gasteiger partial charge is 0.259 e. The van der Waals surface area contributed by atoms with Crippen molar-refractivity contribution < 1.29 is 19.1 Å². The Balaban J connectivity index is 1.32. The van der Waals surface area contributed by atoms with Crippen molar-refractivity contribution in [1.29, 1.82) is 0 Å². The molecule has 0 atom stereocenters. The maximum Gasteiger partial charge on any atom is 0.259 e. The highest BCUT2D eigenvalue weighted by molar-refractivity contribution is 7.73. The van der Waals surface area contributed by atoms with Gasteiger partial charge in [-0.2, -0.15) is 0 Å². The zero-order valence-electron chi connectivity index (χ0n) is 16.3. The Hall–Kier alpha value is -3.44. The van der Waals surface area contributed by atoms with Crippen LogP contribution in [0, 0.1) is 3.95 Å². The van der Waals surface area contributed by atoms with Gasteiger partial charge in [-0.1, -0.05) is 29.5 Å². The molecule has 31 heavy (non-hydrogen) atoms. The first-order chi connectivity index (χ1) is 15.0. The van der Waals surface area contributed by atoms with Crippen molar-refractivity contribution in [2.45, 2.75) is 19.4 Å². The number of carbonyl (C=O) groups excluding carboxylic acids is 2. The number of aromatic amines is 1. The van der Waals surface area contributed by atoms with Crippen LogP contribution in [0.25, 0.3) is 0 Å². The Kier molecular flexibility index (Phi) is 6.14. The Bertz CT molecular complexity index is 1190. The Morgan fingerprint density at radius 1 is 1.23 bits per heavy atom. The number of H-pyrrole nitrogens is 1. The van der Waals surface area contributed by atoms with Crippen molar-refractivity contribution in [3.05, 3.63) is 57.0 Å². The summed E-state index contributed by atoms with van der Waals surface area (Å²) in [5.41, 5.74) is 8.47. The number of fused-ring (bicyclic) bond motifs is 1. The minimum atomic E-state index is -0.385. The van der Waals surface area contributed by atoms with E-state index in [-0.39, 0.29) is 25.0 Å². The van der Waals surface area contributed by atoms with Gasteiger partial charge in [0.2, 0.25) is 17.8 Å². The van der Waals surface area contributed by atoms with Crippen LogP contribution in [-0.2, 0) is 17.8 Å². The number of hydrogen-bond acceptors (Lipinski definition) is 8. The molecule has 1 aliphatic rings. The monoisotopic (exact) mass is 457 g/mol. The Morgan fingerprint density at radius 2 is 2.06 bits per heavy atom. The van der Waals surface area contributed by atoms with Crippen LogP contribution in [0.4, 0.5) is 10.8 Å². The lowest BCUT2D eigenvalue weighted by molar-refractivity contribution is -0.121. The molecule has 0 bridgehead atoms. The number of amides is 2. The van der Waals surface area contributed by atoms with Crippen molar-refractivity contribution in [2.24, 2.45) is 0 Å². The average molecular weight is 458 g/mol. The minimum Gasteiger partial charge on any atom is -0.454 e. The summed E-state index contributed by atoms with van der Waals surface area (Å²) in [5, 5.41) is 12.4. The molecule has 11 heteroatoms. The Morgan fingerprint density at radius 3 is 2.87 bits per heavy atom. The molecule has 0 saturated carbocycles. The van der Waals surface area contributed by atoms with Crippen molar-refractivity contribution in [1.82, 2.24) is 15.5 Å². The van der Waals surface area contributed by atoms with E-state index in [9.17, 15) is 9.59 Å². The van der Waals surface area contributed by atoms with Gasteiger partial charge in [0, 0.05) is 18.7 Å². The zero-order chi connectivity index (χ0) is 21.8. The van der Waals surface area contributed by atoms with Gasteiger partial charge in [-0.15, -0.1) is 5.10 Å². The van der Waals surface area contributed by atoms with Gasteiger partial charge >= 0.3 is 0 Å². The summed E-state index contributed by atoms with van der Waals surface area (Å²) in [6.07, 6.45) is 0.641. The fraction of sp³-hybridized carbons (Fsp3) is 0.200. The molecule has 2 heterocycles. The number of nitrogens with one attached hydrogen (secondary N) is 3. The summed E-state index contributed by atoms with van der Waals surface area (Å²) in [4.78, 5) is 24.8. The molecular weight excluding hydrogens is 438 g/mol. The third kappa shape index (κ3) is 5.01. The second kappa shape index (κ2) is 9.14. The van der Waals surface area contributed by atoms with Crippen molar-refractivity contribution in [2.75, 3.05) is 17.8 Å². The average Bonchev–Trinajstić information content (AvgIpc) is 3.39. The Labute approximate surface area is 186 Å². The molecule has 4 rings (SSSR count). The number of benzene rings is 2. The summed E-state index contributed by atoms with van der Waals surface area (Å²) in [6, 6.07) is 10.7. The third-order valence-electron chi connectivity index (χ3n) is 4.65. The van der Waals surface area contributed by atoms with Crippen LogP contribution in [0.2, 0.25) is 0 Å². The summed E-state index contributed by atoms with van der Waals surface area (Å²) < 4.78 is 11.1. The van der Waals surface area contributed by atoms with Gasteiger partial charge in [0.25, 0.3) is 5.91 Å². The highest BCUT2D eigenvalue weighted by Crippen LogP contribution is 2.32. The number of nitrogens with two attached hydrogens (primary N) is 1. The number of anilines is 2. The van der Waals surface area contributed by atoms with E-state index in [1.54, 1.807) is 18.2 Å². The lowest BCUT2D eigenvalue weighted by Gasteiger charge is -2.11. The number of nitrogen functional groups attached to an aromatic ring is 1. The number of aromatic nitrogens is 2. The molecule has 0 radical (unpaired) electrons. The molecule has 0 fully saturated rings. The molecule has 0 spiro atoms. The quantitative estimate of drug-likeness (QED) is 0.317. The van der Waals surface area contributed by atoms with Crippen LogP contribution in [0.15, 0.2) is 36.4 Å². The molecular formula is C20H19N5O4S2. The first kappa shape index (κ1) is 20.8. The zero-order valence-corrected chi connectivity index (χ0v) is 17.9. The van der Waals surface area contributed by atoms with Crippen molar-refractivity contribution >= 4 is 46.2 Å². The van der Waals surface area contributed by atoms with E-state index in [2.05, 4.69) is 20.8 Å². The first-order valence-corrected chi connectivity index (χ1v) is 10.6. The van der Waals surface area contributed by atoms with Crippen LogP contribution in [0.5, 0.6) is 11.5 Å². The summed E-state index contributed by atoms with van der Waals surface area (Å²) in [7, 11) is 0. The van der Waals surface area contributed by atoms with E-state index in [0.29, 0.717) is 44.8 Å². The molecule has 0 unspecified atom stereocenters. The lowest BCUT2D eigenvalue weighted by atomic mass is 10.0. The minimum absolute atomic E-state index is 0.122. The molecule has 9 nitrogen and oxygen atoms in total. The van der Waals surface area contributed by atoms with Crippen LogP contribution in [0.3, 0.4) is 0 Å². The number of hydrogen-bond donors (Lipinski definition) is 4. The lowest BCUT2D eigenvalue weighted by Crippen LogP contribution is -2.23. The number of para-hydroxylation sites is 1. The molecule has 5 N–H and O–H groups in total. The van der Waals surface area contributed by atoms with Crippen molar-refractivity contribution in [3.8, 4) is 11.5 Å². The fourth-order valence-electron chi connectivity index (χ4n) is 3.06.